The maximum atomic E-state index is 13.5. The molecular weight excluding hydrogens is 292 g/mol. The molecule has 0 aliphatic carbocycles. The minimum atomic E-state index is -0.935. The average Bonchev–Trinajstić information content (AvgIpc) is 2.49. The van der Waals surface area contributed by atoms with Gasteiger partial charge in [-0.15, -0.1) is 0 Å². The molecule has 7 heteroatoms. The maximum absolute atomic E-state index is 13.5. The van der Waals surface area contributed by atoms with E-state index in [0.29, 0.717) is 17.4 Å². The standard InChI is InChI=1S/C15H13F2N3O2/c1-18-15(22)20-11-5-3-10(4-6-11)19-14(21)12-7-2-9(16)8-13(12)17/h2-8H,1H3,(H,19,21)(H2,18,20,22). The first kappa shape index (κ1) is 15.4. The number of hydrogen-bond acceptors (Lipinski definition) is 2. The van der Waals surface area contributed by atoms with Crippen molar-refractivity contribution in [3.8, 4) is 0 Å². The van der Waals surface area contributed by atoms with Crippen molar-refractivity contribution >= 4 is 23.3 Å². The first-order chi connectivity index (χ1) is 10.5. The Bertz CT molecular complexity index is 702. The molecule has 114 valence electrons. The third-order valence-corrected chi connectivity index (χ3v) is 2.80. The Labute approximate surface area is 125 Å². The molecule has 0 unspecified atom stereocenters. The zero-order chi connectivity index (χ0) is 16.1. The van der Waals surface area contributed by atoms with E-state index in [2.05, 4.69) is 16.0 Å². The van der Waals surface area contributed by atoms with Crippen LogP contribution in [0.25, 0.3) is 0 Å². The van der Waals surface area contributed by atoms with E-state index in [1.165, 1.54) is 7.05 Å². The second kappa shape index (κ2) is 6.66. The summed E-state index contributed by atoms with van der Waals surface area (Å²) in [5.41, 5.74) is 0.690. The number of urea groups is 1. The van der Waals surface area contributed by atoms with E-state index in [9.17, 15) is 18.4 Å². The summed E-state index contributed by atoms with van der Waals surface area (Å²) >= 11 is 0. The smallest absolute Gasteiger partial charge is 0.318 e. The van der Waals surface area contributed by atoms with Gasteiger partial charge in [0.05, 0.1) is 5.56 Å². The van der Waals surface area contributed by atoms with Crippen LogP contribution in [-0.4, -0.2) is 19.0 Å². The average molecular weight is 305 g/mol. The van der Waals surface area contributed by atoms with E-state index in [1.54, 1.807) is 24.3 Å². The fourth-order valence-corrected chi connectivity index (χ4v) is 1.70. The van der Waals surface area contributed by atoms with Gasteiger partial charge in [-0.2, -0.15) is 0 Å². The van der Waals surface area contributed by atoms with Crippen molar-refractivity contribution in [1.82, 2.24) is 5.32 Å². The predicted molar refractivity (Wildman–Crippen MR) is 78.8 cm³/mol. The van der Waals surface area contributed by atoms with Crippen LogP contribution in [0.3, 0.4) is 0 Å². The number of nitrogens with one attached hydrogen (secondary N) is 3. The molecule has 0 aliphatic rings. The molecule has 0 heterocycles. The van der Waals surface area contributed by atoms with Gasteiger partial charge in [-0.3, -0.25) is 4.79 Å². The van der Waals surface area contributed by atoms with Crippen LogP contribution in [0.1, 0.15) is 10.4 Å². The summed E-state index contributed by atoms with van der Waals surface area (Å²) in [6.45, 7) is 0. The Hall–Kier alpha value is -2.96. The van der Waals surface area contributed by atoms with Crippen LogP contribution < -0.4 is 16.0 Å². The summed E-state index contributed by atoms with van der Waals surface area (Å²) in [6.07, 6.45) is 0. The van der Waals surface area contributed by atoms with Gasteiger partial charge in [0, 0.05) is 24.5 Å². The highest BCUT2D eigenvalue weighted by atomic mass is 19.1. The zero-order valence-electron chi connectivity index (χ0n) is 11.6. The highest BCUT2D eigenvalue weighted by Crippen LogP contribution is 2.16. The maximum Gasteiger partial charge on any atom is 0.318 e. The fourth-order valence-electron chi connectivity index (χ4n) is 1.70. The molecule has 0 atom stereocenters. The summed E-state index contributed by atoms with van der Waals surface area (Å²) < 4.78 is 26.3. The summed E-state index contributed by atoms with van der Waals surface area (Å²) in [5, 5.41) is 7.44. The molecule has 3 amide bonds. The SMILES string of the molecule is CNC(=O)Nc1ccc(NC(=O)c2ccc(F)cc2F)cc1. The molecule has 0 fully saturated rings. The fraction of sp³-hybridized carbons (Fsp3) is 0.0667. The monoisotopic (exact) mass is 305 g/mol. The zero-order valence-corrected chi connectivity index (χ0v) is 11.6. The van der Waals surface area contributed by atoms with Crippen molar-refractivity contribution in [2.75, 3.05) is 17.7 Å². The first-order valence-electron chi connectivity index (χ1n) is 6.35. The van der Waals surface area contributed by atoms with Crippen molar-refractivity contribution < 1.29 is 18.4 Å². The van der Waals surface area contributed by atoms with Gasteiger partial charge < -0.3 is 16.0 Å². The van der Waals surface area contributed by atoms with Crippen molar-refractivity contribution in [1.29, 1.82) is 0 Å². The molecular formula is C15H13F2N3O2. The van der Waals surface area contributed by atoms with Crippen LogP contribution >= 0.6 is 0 Å². The normalized spacial score (nSPS) is 9.95. The number of anilines is 2. The lowest BCUT2D eigenvalue weighted by Gasteiger charge is -2.08. The predicted octanol–water partition coefficient (Wildman–Crippen LogP) is 2.97. The Morgan fingerprint density at radius 1 is 0.909 bits per heavy atom. The molecule has 0 saturated carbocycles. The molecule has 0 saturated heterocycles. The lowest BCUT2D eigenvalue weighted by molar-refractivity contribution is 0.102. The van der Waals surface area contributed by atoms with Crippen molar-refractivity contribution in [3.05, 3.63) is 59.7 Å². The molecule has 0 spiro atoms. The van der Waals surface area contributed by atoms with Crippen LogP contribution in [0.15, 0.2) is 42.5 Å². The van der Waals surface area contributed by atoms with Gasteiger partial charge in [0.2, 0.25) is 0 Å². The van der Waals surface area contributed by atoms with Gasteiger partial charge in [0.1, 0.15) is 11.6 Å². The van der Waals surface area contributed by atoms with E-state index in [1.807, 2.05) is 0 Å². The Morgan fingerprint density at radius 3 is 2.05 bits per heavy atom. The number of amides is 3. The van der Waals surface area contributed by atoms with Gasteiger partial charge in [-0.25, -0.2) is 13.6 Å². The molecule has 2 rings (SSSR count). The minimum absolute atomic E-state index is 0.256. The van der Waals surface area contributed by atoms with E-state index >= 15 is 0 Å². The van der Waals surface area contributed by atoms with E-state index in [0.717, 1.165) is 12.1 Å². The molecule has 2 aromatic carbocycles. The van der Waals surface area contributed by atoms with E-state index in [4.69, 9.17) is 0 Å². The van der Waals surface area contributed by atoms with Crippen molar-refractivity contribution in [3.63, 3.8) is 0 Å². The Balaban J connectivity index is 2.07. The summed E-state index contributed by atoms with van der Waals surface area (Å²) in [7, 11) is 1.49. The third-order valence-electron chi connectivity index (χ3n) is 2.80. The molecule has 0 aromatic heterocycles. The van der Waals surface area contributed by atoms with Crippen LogP contribution in [0.4, 0.5) is 25.0 Å². The van der Waals surface area contributed by atoms with Gasteiger partial charge in [0.15, 0.2) is 0 Å². The Kier molecular flexibility index (Phi) is 4.67. The summed E-state index contributed by atoms with van der Waals surface area (Å²) in [4.78, 5) is 23.0. The molecule has 2 aromatic rings. The van der Waals surface area contributed by atoms with Crippen molar-refractivity contribution in [2.24, 2.45) is 0 Å². The number of carbonyl (C=O) groups is 2. The molecule has 0 aliphatic heterocycles. The molecule has 0 radical (unpaired) electrons. The molecule has 3 N–H and O–H groups in total. The summed E-state index contributed by atoms with van der Waals surface area (Å²) in [5.74, 6) is -2.38. The van der Waals surface area contributed by atoms with Gasteiger partial charge >= 0.3 is 6.03 Å². The topological polar surface area (TPSA) is 70.2 Å². The summed E-state index contributed by atoms with van der Waals surface area (Å²) in [6, 6.07) is 8.60. The van der Waals surface area contributed by atoms with Gasteiger partial charge in [-0.05, 0) is 36.4 Å². The van der Waals surface area contributed by atoms with Crippen LogP contribution in [0, 0.1) is 11.6 Å². The third kappa shape index (κ3) is 3.78. The first-order valence-corrected chi connectivity index (χ1v) is 6.35. The molecule has 22 heavy (non-hydrogen) atoms. The lowest BCUT2D eigenvalue weighted by Crippen LogP contribution is -2.24. The van der Waals surface area contributed by atoms with Gasteiger partial charge in [0.25, 0.3) is 5.91 Å². The van der Waals surface area contributed by atoms with Crippen LogP contribution in [-0.2, 0) is 0 Å². The van der Waals surface area contributed by atoms with Crippen LogP contribution in [0.2, 0.25) is 0 Å². The van der Waals surface area contributed by atoms with Crippen molar-refractivity contribution in [2.45, 2.75) is 0 Å². The lowest BCUT2D eigenvalue weighted by atomic mass is 10.2. The largest absolute Gasteiger partial charge is 0.341 e. The van der Waals surface area contributed by atoms with Crippen LogP contribution in [0.5, 0.6) is 0 Å². The Morgan fingerprint density at radius 2 is 1.50 bits per heavy atom. The second-order valence-electron chi connectivity index (χ2n) is 4.36. The number of benzene rings is 2. The highest BCUT2D eigenvalue weighted by Gasteiger charge is 2.12. The second-order valence-corrected chi connectivity index (χ2v) is 4.36. The highest BCUT2D eigenvalue weighted by molar-refractivity contribution is 6.04. The number of carbonyl (C=O) groups excluding carboxylic acids is 2. The number of hydrogen-bond donors (Lipinski definition) is 3. The number of halogens is 2. The van der Waals surface area contributed by atoms with Gasteiger partial charge in [-0.1, -0.05) is 0 Å². The van der Waals surface area contributed by atoms with E-state index < -0.39 is 17.5 Å². The number of rotatable bonds is 3. The molecule has 5 nitrogen and oxygen atoms in total. The van der Waals surface area contributed by atoms with E-state index in [-0.39, 0.29) is 11.6 Å². The minimum Gasteiger partial charge on any atom is -0.341 e. The quantitative estimate of drug-likeness (QED) is 0.816. The molecule has 0 bridgehead atoms.